The van der Waals surface area contributed by atoms with Crippen LogP contribution in [0.1, 0.15) is 111 Å². The molecule has 0 N–H and O–H groups in total. The molecule has 8 aliphatic rings. The molecule has 0 amide bonds. The Morgan fingerprint density at radius 1 is 0.167 bits per heavy atom. The van der Waals surface area contributed by atoms with Gasteiger partial charge in [-0.05, 0) is 199 Å². The maximum Gasteiger partial charge on any atom is 0.114 e. The molecule has 0 saturated heterocycles. The molecule has 0 atom stereocenters. The van der Waals surface area contributed by atoms with Crippen LogP contribution in [0, 0.1) is 0 Å². The molecular formula is C98H78Si4. The number of hydrogen-bond donors (Lipinski definition) is 0. The molecule has 0 saturated carbocycles. The minimum Gasteiger partial charge on any atom is -0.0623 e. The van der Waals surface area contributed by atoms with Gasteiger partial charge in [0.2, 0.25) is 0 Å². The second-order valence-corrected chi connectivity index (χ2v) is 49.5. The van der Waals surface area contributed by atoms with Crippen molar-refractivity contribution in [1.82, 2.24) is 0 Å². The molecule has 0 unspecified atom stereocenters. The summed E-state index contributed by atoms with van der Waals surface area (Å²) in [5, 5.41) is 12.6. The number of hydrogen-bond acceptors (Lipinski definition) is 0. The molecule has 486 valence electrons. The van der Waals surface area contributed by atoms with Crippen LogP contribution in [0.25, 0.3) is 43.1 Å². The van der Waals surface area contributed by atoms with Gasteiger partial charge in [0.25, 0.3) is 0 Å². The lowest BCUT2D eigenvalue weighted by Gasteiger charge is -2.40. The van der Waals surface area contributed by atoms with Crippen LogP contribution in [-0.2, 0) is 21.7 Å². The van der Waals surface area contributed by atoms with Gasteiger partial charge in [-0.1, -0.05) is 356 Å². The maximum absolute atomic E-state index is 2.86. The van der Waals surface area contributed by atoms with E-state index in [9.17, 15) is 0 Å². The van der Waals surface area contributed by atoms with Crippen molar-refractivity contribution in [2.75, 3.05) is 0 Å². The van der Waals surface area contributed by atoms with E-state index in [4.69, 9.17) is 0 Å². The monoisotopic (exact) mass is 1370 g/mol. The number of benzene rings is 13. The Kier molecular flexibility index (Phi) is 12.3. The van der Waals surface area contributed by atoms with E-state index in [2.05, 4.69) is 380 Å². The number of rotatable bonds is 8. The van der Waals surface area contributed by atoms with E-state index in [0.717, 1.165) is 0 Å². The lowest BCUT2D eigenvalue weighted by molar-refractivity contribution is 0.797. The first-order valence-corrected chi connectivity index (χ1v) is 48.9. The lowest BCUT2D eigenvalue weighted by Crippen LogP contribution is -2.46. The van der Waals surface area contributed by atoms with Gasteiger partial charge in [-0.25, -0.2) is 0 Å². The summed E-state index contributed by atoms with van der Waals surface area (Å²) in [5.74, 6) is 0. The van der Waals surface area contributed by atoms with Crippen LogP contribution in [-0.4, -0.2) is 32.3 Å². The van der Waals surface area contributed by atoms with Crippen molar-refractivity contribution in [1.29, 1.82) is 0 Å². The van der Waals surface area contributed by atoms with E-state index < -0.39 is 54.0 Å². The highest BCUT2D eigenvalue weighted by atomic mass is 28.3. The third kappa shape index (κ3) is 7.08. The van der Waals surface area contributed by atoms with E-state index in [0.29, 0.717) is 0 Å². The van der Waals surface area contributed by atoms with Crippen molar-refractivity contribution in [2.45, 2.75) is 74.0 Å². The smallest absolute Gasteiger partial charge is 0.0623 e. The van der Waals surface area contributed by atoms with Gasteiger partial charge >= 0.3 is 0 Å². The van der Waals surface area contributed by atoms with Crippen LogP contribution in [0.2, 0.25) is 52.4 Å². The largest absolute Gasteiger partial charge is 0.114 e. The minimum absolute atomic E-state index is 0.573. The quantitative estimate of drug-likeness (QED) is 0.133. The SMILES string of the molecule is C[Si]1(C)C2=C(c3ccccc31)C(c1ccccc1)(c1ccccc1)c1cc3c(cc12)C(c1ccccc1)(c1ccccc1)C1=C3[Si](C)(C)c2cc3c(cc21)[Si](C)(C)C1=C3C(c2ccccc2)(c2ccccc2)c2cc3c(cc21)C(c1ccccc1)(c1ccccc1)C1=C3[Si](C)(C)c2ccccc21. The topological polar surface area (TPSA) is 0 Å². The zero-order valence-corrected chi connectivity index (χ0v) is 63.2. The van der Waals surface area contributed by atoms with Gasteiger partial charge in [0.05, 0.1) is 21.7 Å². The van der Waals surface area contributed by atoms with Gasteiger partial charge in [-0.2, -0.15) is 0 Å². The Labute approximate surface area is 604 Å². The van der Waals surface area contributed by atoms with Crippen molar-refractivity contribution < 1.29 is 0 Å². The summed E-state index contributed by atoms with van der Waals surface area (Å²) in [6.07, 6.45) is 0. The standard InChI is InChI=1S/C98H78Si4/c1-99(2)83-55-35-33-53-71(83)87-91(99)73-57-81-75(59-79(73)95(87,63-37-17-9-18-38-63)64-39-19-10-20-40-64)93-89(97(81,67-45-25-13-26-46-67)68-47-27-14-28-48-68)77-61-86-78(62-85(77)101(93,5)6)90-94(102(86,7)8)76-60-80-74(58-82(76)98(90,69-49-29-15-30-50-69)70-51-31-16-32-52-70)92-88(72-54-34-36-56-84(72)100(92,3)4)96(80,65-41-21-11-22-42-65)66-43-23-12-24-44-66/h9-62H,1-8H3. The molecule has 102 heavy (non-hydrogen) atoms. The fourth-order valence-electron chi connectivity index (χ4n) is 22.7. The first kappa shape index (κ1) is 60.4. The zero-order chi connectivity index (χ0) is 68.7. The Hall–Kier alpha value is -10.3. The van der Waals surface area contributed by atoms with Gasteiger partial charge in [0, 0.05) is 0 Å². The van der Waals surface area contributed by atoms with Crippen LogP contribution in [0.5, 0.6) is 0 Å². The minimum atomic E-state index is -2.77. The van der Waals surface area contributed by atoms with E-state index in [1.807, 2.05) is 0 Å². The molecule has 4 heterocycles. The van der Waals surface area contributed by atoms with Crippen LogP contribution >= 0.6 is 0 Å². The van der Waals surface area contributed by atoms with Crippen LogP contribution in [0.3, 0.4) is 0 Å². The van der Waals surface area contributed by atoms with E-state index >= 15 is 0 Å². The van der Waals surface area contributed by atoms with Gasteiger partial charge in [0.1, 0.15) is 32.3 Å². The fraction of sp³-hybridized carbons (Fsp3) is 0.122. The summed E-state index contributed by atoms with van der Waals surface area (Å²) < 4.78 is 0. The fourth-order valence-corrected chi connectivity index (χ4v) is 36.6. The van der Waals surface area contributed by atoms with Crippen molar-refractivity contribution >= 4 is 96.1 Å². The van der Waals surface area contributed by atoms with Gasteiger partial charge in [0.15, 0.2) is 0 Å². The van der Waals surface area contributed by atoms with Crippen LogP contribution in [0.15, 0.2) is 328 Å². The molecule has 0 radical (unpaired) electrons. The third-order valence-electron chi connectivity index (χ3n) is 26.4. The Morgan fingerprint density at radius 2 is 0.343 bits per heavy atom. The molecule has 0 bridgehead atoms. The molecule has 0 spiro atoms. The second-order valence-electron chi connectivity index (χ2n) is 32.3. The van der Waals surface area contributed by atoms with Crippen molar-refractivity contribution in [3.05, 3.63) is 439 Å². The highest BCUT2D eigenvalue weighted by molar-refractivity contribution is 7.11. The average Bonchev–Trinajstić information content (AvgIpc) is 1.48. The summed E-state index contributed by atoms with van der Waals surface area (Å²) in [6.45, 7) is 21.5. The zero-order valence-electron chi connectivity index (χ0n) is 59.2. The molecule has 0 aromatic heterocycles. The molecule has 4 aliphatic carbocycles. The second kappa shape index (κ2) is 20.7. The van der Waals surface area contributed by atoms with E-state index in [1.54, 1.807) is 31.2 Å². The van der Waals surface area contributed by atoms with Crippen molar-refractivity contribution in [2.24, 2.45) is 0 Å². The summed E-state index contributed by atoms with van der Waals surface area (Å²) >= 11 is 0. The Morgan fingerprint density at radius 3 is 0.559 bits per heavy atom. The summed E-state index contributed by atoms with van der Waals surface area (Å²) in [6, 6.07) is 130. The Balaban J connectivity index is 0.867. The van der Waals surface area contributed by atoms with Gasteiger partial charge in [-0.15, -0.1) is 0 Å². The average molecular weight is 1370 g/mol. The summed E-state index contributed by atoms with van der Waals surface area (Å²) in [5.41, 5.74) is 31.5. The molecule has 0 fully saturated rings. The van der Waals surface area contributed by atoms with Gasteiger partial charge in [-0.3, -0.25) is 0 Å². The molecule has 21 rings (SSSR count). The lowest BCUT2D eigenvalue weighted by atomic mass is 9.63. The van der Waals surface area contributed by atoms with Crippen molar-refractivity contribution in [3.63, 3.8) is 0 Å². The van der Waals surface area contributed by atoms with E-state index in [-0.39, 0.29) is 0 Å². The van der Waals surface area contributed by atoms with Crippen molar-refractivity contribution in [3.8, 4) is 0 Å². The molecule has 4 aliphatic heterocycles. The van der Waals surface area contributed by atoms with Crippen LogP contribution in [0.4, 0.5) is 0 Å². The van der Waals surface area contributed by atoms with E-state index in [1.165, 1.54) is 144 Å². The van der Waals surface area contributed by atoms with Crippen LogP contribution < -0.4 is 20.7 Å². The first-order chi connectivity index (χ1) is 49.7. The molecule has 13 aromatic rings. The Bertz CT molecular complexity index is 5410. The number of allylic oxidation sites excluding steroid dienone is 4. The normalized spacial score (nSPS) is 19.1. The molecule has 13 aromatic carbocycles. The highest BCUT2D eigenvalue weighted by Gasteiger charge is 2.65. The summed E-state index contributed by atoms with van der Waals surface area (Å²) in [7, 11) is -10.3. The molecule has 4 heteroatoms. The first-order valence-electron chi connectivity index (χ1n) is 36.9. The predicted molar refractivity (Wildman–Crippen MR) is 439 cm³/mol. The molecule has 0 nitrogen and oxygen atoms in total. The predicted octanol–water partition coefficient (Wildman–Crippen LogP) is 20.6. The maximum atomic E-state index is 2.86. The highest BCUT2D eigenvalue weighted by Crippen LogP contribution is 2.71. The van der Waals surface area contributed by atoms with Gasteiger partial charge < -0.3 is 0 Å². The summed E-state index contributed by atoms with van der Waals surface area (Å²) in [4.78, 5) is 0. The number of fused-ring (bicyclic) bond motifs is 16. The third-order valence-corrected chi connectivity index (χ3v) is 40.6. The molecular weight excluding hydrogens is 1290 g/mol.